The van der Waals surface area contributed by atoms with Crippen LogP contribution in [0.2, 0.25) is 0 Å². The molecule has 0 aromatic carbocycles. The molecular weight excluding hydrogens is 289 g/mol. The van der Waals surface area contributed by atoms with E-state index in [1.807, 2.05) is 0 Å². The Bertz CT molecular complexity index is 617. The number of aromatic nitrogens is 1. The van der Waals surface area contributed by atoms with Gasteiger partial charge in [0.15, 0.2) is 0 Å². The van der Waals surface area contributed by atoms with Gasteiger partial charge >= 0.3 is 12.1 Å². The van der Waals surface area contributed by atoms with Crippen LogP contribution in [0.1, 0.15) is 28.9 Å². The number of carbonyl (C=O) groups excluding carboxylic acids is 1. The predicted molar refractivity (Wildman–Crippen MR) is 63.3 cm³/mol. The fraction of sp³-hybridized carbons (Fsp3) is 0.462. The summed E-state index contributed by atoms with van der Waals surface area (Å²) in [6, 6.07) is 0.716. The van der Waals surface area contributed by atoms with Crippen LogP contribution in [0, 0.1) is 5.92 Å². The first-order valence-corrected chi connectivity index (χ1v) is 6.37. The molecule has 1 amide bonds. The summed E-state index contributed by atoms with van der Waals surface area (Å²) >= 11 is 0. The van der Waals surface area contributed by atoms with Crippen molar-refractivity contribution < 1.29 is 27.9 Å². The number of pyridine rings is 1. The van der Waals surface area contributed by atoms with Gasteiger partial charge in [-0.2, -0.15) is 13.2 Å². The predicted octanol–water partition coefficient (Wildman–Crippen LogP) is 1.79. The van der Waals surface area contributed by atoms with Crippen molar-refractivity contribution in [3.8, 4) is 0 Å². The molecule has 3 atom stereocenters. The monoisotopic (exact) mass is 300 g/mol. The van der Waals surface area contributed by atoms with E-state index < -0.39 is 29.8 Å². The fourth-order valence-corrected chi connectivity index (χ4v) is 2.84. The van der Waals surface area contributed by atoms with E-state index in [2.05, 4.69) is 4.98 Å². The van der Waals surface area contributed by atoms with Gasteiger partial charge < -0.3 is 10.0 Å². The lowest BCUT2D eigenvalue weighted by Crippen LogP contribution is -2.43. The molecule has 0 spiro atoms. The molecule has 21 heavy (non-hydrogen) atoms. The van der Waals surface area contributed by atoms with Crippen LogP contribution in [0.15, 0.2) is 18.3 Å². The average molecular weight is 300 g/mol. The number of carboxylic acids is 1. The molecule has 5 nitrogen and oxygen atoms in total. The summed E-state index contributed by atoms with van der Waals surface area (Å²) in [6.07, 6.45) is -2.66. The van der Waals surface area contributed by atoms with E-state index in [1.165, 1.54) is 11.0 Å². The molecule has 1 aromatic rings. The minimum atomic E-state index is -4.64. The number of alkyl halides is 3. The first kappa shape index (κ1) is 13.8. The number of aliphatic carboxylic acids is 1. The number of likely N-dealkylation sites (tertiary alicyclic amines) is 1. The number of amides is 1. The highest BCUT2D eigenvalue weighted by Crippen LogP contribution is 2.48. The van der Waals surface area contributed by atoms with Gasteiger partial charge in [-0.05, 0) is 30.9 Å². The number of rotatable bonds is 2. The topological polar surface area (TPSA) is 70.5 Å². The lowest BCUT2D eigenvalue weighted by molar-refractivity contribution is -0.142. The average Bonchev–Trinajstić information content (AvgIpc) is 3.08. The molecule has 1 N–H and O–H groups in total. The normalized spacial score (nSPS) is 27.4. The minimum Gasteiger partial charge on any atom is -0.480 e. The quantitative estimate of drug-likeness (QED) is 0.904. The van der Waals surface area contributed by atoms with Crippen LogP contribution in [0.3, 0.4) is 0 Å². The van der Waals surface area contributed by atoms with Gasteiger partial charge in [-0.1, -0.05) is 0 Å². The van der Waals surface area contributed by atoms with Gasteiger partial charge in [0.2, 0.25) is 0 Å². The molecule has 2 aliphatic rings. The largest absolute Gasteiger partial charge is 0.480 e. The van der Waals surface area contributed by atoms with Crippen molar-refractivity contribution in [1.29, 1.82) is 0 Å². The maximum absolute atomic E-state index is 12.6. The molecule has 1 aromatic heterocycles. The molecule has 2 heterocycles. The van der Waals surface area contributed by atoms with Gasteiger partial charge in [-0.25, -0.2) is 4.79 Å². The first-order chi connectivity index (χ1) is 9.79. The SMILES string of the molecule is O=C(O)[C@H]1C[C@H]2C[C@H]2N1C(=O)c1ccnc(C(F)(F)F)c1. The molecular formula is C13H11F3N2O3. The molecule has 0 bridgehead atoms. The summed E-state index contributed by atoms with van der Waals surface area (Å²) < 4.78 is 37.9. The van der Waals surface area contributed by atoms with E-state index in [4.69, 9.17) is 5.11 Å². The fourth-order valence-electron chi connectivity index (χ4n) is 2.84. The Balaban J connectivity index is 1.90. The second-order valence-electron chi connectivity index (χ2n) is 5.29. The van der Waals surface area contributed by atoms with Gasteiger partial charge in [0.25, 0.3) is 5.91 Å². The number of carboxylic acid groups (broad SMARTS) is 1. The smallest absolute Gasteiger partial charge is 0.433 e. The van der Waals surface area contributed by atoms with Crippen LogP contribution in [0.5, 0.6) is 0 Å². The Labute approximate surface area is 117 Å². The number of piperidine rings is 1. The van der Waals surface area contributed by atoms with E-state index in [0.717, 1.165) is 6.20 Å². The number of carbonyl (C=O) groups is 2. The van der Waals surface area contributed by atoms with E-state index in [-0.39, 0.29) is 17.5 Å². The van der Waals surface area contributed by atoms with E-state index >= 15 is 0 Å². The van der Waals surface area contributed by atoms with E-state index in [1.54, 1.807) is 0 Å². The number of hydrogen-bond acceptors (Lipinski definition) is 3. The second-order valence-corrected chi connectivity index (χ2v) is 5.29. The summed E-state index contributed by atoms with van der Waals surface area (Å²) in [7, 11) is 0. The zero-order valence-corrected chi connectivity index (χ0v) is 10.7. The maximum atomic E-state index is 12.6. The van der Waals surface area contributed by atoms with Gasteiger partial charge in [0.1, 0.15) is 11.7 Å². The minimum absolute atomic E-state index is 0.152. The molecule has 3 rings (SSSR count). The Kier molecular flexibility index (Phi) is 2.93. The van der Waals surface area contributed by atoms with E-state index in [0.29, 0.717) is 18.9 Å². The highest BCUT2D eigenvalue weighted by atomic mass is 19.4. The summed E-state index contributed by atoms with van der Waals surface area (Å²) in [5, 5.41) is 9.12. The summed E-state index contributed by atoms with van der Waals surface area (Å²) in [5.74, 6) is -1.65. The summed E-state index contributed by atoms with van der Waals surface area (Å²) in [6.45, 7) is 0. The molecule has 1 aliphatic carbocycles. The Morgan fingerprint density at radius 3 is 2.67 bits per heavy atom. The van der Waals surface area contributed by atoms with Gasteiger partial charge in [0.05, 0.1) is 0 Å². The van der Waals surface area contributed by atoms with Crippen LogP contribution >= 0.6 is 0 Å². The van der Waals surface area contributed by atoms with Crippen LogP contribution < -0.4 is 0 Å². The third-order valence-corrected chi connectivity index (χ3v) is 3.92. The number of hydrogen-bond donors (Lipinski definition) is 1. The molecule has 112 valence electrons. The summed E-state index contributed by atoms with van der Waals surface area (Å²) in [5.41, 5.74) is -1.34. The zero-order valence-electron chi connectivity index (χ0n) is 10.7. The van der Waals surface area contributed by atoms with Crippen LogP contribution in [-0.4, -0.2) is 39.0 Å². The molecule has 8 heteroatoms. The van der Waals surface area contributed by atoms with Crippen LogP contribution in [0.4, 0.5) is 13.2 Å². The van der Waals surface area contributed by atoms with Crippen molar-refractivity contribution >= 4 is 11.9 Å². The number of nitrogens with zero attached hydrogens (tertiary/aromatic N) is 2. The first-order valence-electron chi connectivity index (χ1n) is 6.37. The standard InChI is InChI=1S/C13H11F3N2O3/c14-13(15,16)10-5-6(1-2-17-10)11(19)18-8-3-7(8)4-9(18)12(20)21/h1-2,5,7-9H,3-4H2,(H,20,21)/t7-,8-,9-/m1/s1. The molecule has 0 unspecified atom stereocenters. The van der Waals surface area contributed by atoms with E-state index in [9.17, 15) is 22.8 Å². The van der Waals surface area contributed by atoms with Crippen LogP contribution in [-0.2, 0) is 11.0 Å². The molecule has 0 radical (unpaired) electrons. The third-order valence-electron chi connectivity index (χ3n) is 3.92. The van der Waals surface area contributed by atoms with Gasteiger partial charge in [-0.3, -0.25) is 9.78 Å². The van der Waals surface area contributed by atoms with Gasteiger partial charge in [0, 0.05) is 17.8 Å². The van der Waals surface area contributed by atoms with Gasteiger partial charge in [-0.15, -0.1) is 0 Å². The van der Waals surface area contributed by atoms with Crippen molar-refractivity contribution in [3.63, 3.8) is 0 Å². The van der Waals surface area contributed by atoms with Crippen molar-refractivity contribution in [3.05, 3.63) is 29.6 Å². The van der Waals surface area contributed by atoms with Crippen molar-refractivity contribution in [2.24, 2.45) is 5.92 Å². The second kappa shape index (κ2) is 4.44. The molecule has 2 fully saturated rings. The zero-order chi connectivity index (χ0) is 15.4. The molecule has 1 saturated heterocycles. The Hall–Kier alpha value is -2.12. The number of halogens is 3. The Morgan fingerprint density at radius 2 is 2.05 bits per heavy atom. The highest BCUT2D eigenvalue weighted by molar-refractivity contribution is 5.97. The number of fused-ring (bicyclic) bond motifs is 1. The van der Waals surface area contributed by atoms with Crippen molar-refractivity contribution in [1.82, 2.24) is 9.88 Å². The van der Waals surface area contributed by atoms with Crippen molar-refractivity contribution in [2.45, 2.75) is 31.1 Å². The maximum Gasteiger partial charge on any atom is 0.433 e. The lowest BCUT2D eigenvalue weighted by atomic mass is 10.1. The lowest BCUT2D eigenvalue weighted by Gasteiger charge is -2.24. The molecule has 1 saturated carbocycles. The molecule has 1 aliphatic heterocycles. The highest BCUT2D eigenvalue weighted by Gasteiger charge is 2.56. The Morgan fingerprint density at radius 1 is 1.33 bits per heavy atom. The third kappa shape index (κ3) is 2.34. The van der Waals surface area contributed by atoms with Crippen LogP contribution in [0.25, 0.3) is 0 Å². The van der Waals surface area contributed by atoms with Crippen molar-refractivity contribution in [2.75, 3.05) is 0 Å². The summed E-state index contributed by atoms with van der Waals surface area (Å²) in [4.78, 5) is 27.9.